The lowest BCUT2D eigenvalue weighted by Gasteiger charge is -2.15. The van der Waals surface area contributed by atoms with Crippen molar-refractivity contribution in [1.29, 1.82) is 0 Å². The Morgan fingerprint density at radius 2 is 1.74 bits per heavy atom. The minimum absolute atomic E-state index is 0.116. The minimum Gasteiger partial charge on any atom is -0.496 e. The highest BCUT2D eigenvalue weighted by Gasteiger charge is 2.36. The van der Waals surface area contributed by atoms with Crippen LogP contribution in [0.25, 0.3) is 0 Å². The number of hydrogen-bond donors (Lipinski definition) is 2. The molecule has 0 aliphatic carbocycles. The van der Waals surface area contributed by atoms with E-state index >= 15 is 0 Å². The Bertz CT molecular complexity index is 1310. The van der Waals surface area contributed by atoms with Crippen LogP contribution in [0.15, 0.2) is 66.7 Å². The summed E-state index contributed by atoms with van der Waals surface area (Å²) < 4.78 is 24.3. The molecule has 1 fully saturated rings. The topological polar surface area (TPSA) is 114 Å². The van der Waals surface area contributed by atoms with Gasteiger partial charge >= 0.3 is 17.8 Å². The first-order valence-corrected chi connectivity index (χ1v) is 10.5. The van der Waals surface area contributed by atoms with Crippen molar-refractivity contribution in [1.82, 2.24) is 15.5 Å². The van der Waals surface area contributed by atoms with Gasteiger partial charge < -0.3 is 14.8 Å². The fraction of sp³-hybridized carbons (Fsp3) is 0.120. The van der Waals surface area contributed by atoms with Crippen molar-refractivity contribution in [2.45, 2.75) is 13.1 Å². The summed E-state index contributed by atoms with van der Waals surface area (Å²) in [6.07, 6.45) is 0. The third-order valence-electron chi connectivity index (χ3n) is 5.21. The van der Waals surface area contributed by atoms with Crippen LogP contribution in [0.5, 0.6) is 17.2 Å². The van der Waals surface area contributed by atoms with Crippen molar-refractivity contribution in [3.63, 3.8) is 0 Å². The second kappa shape index (κ2) is 10.0. The first kappa shape index (κ1) is 23.4. The van der Waals surface area contributed by atoms with Crippen LogP contribution in [0.2, 0.25) is 0 Å². The molecular formula is C25H20FN3O6. The van der Waals surface area contributed by atoms with Gasteiger partial charge in [-0.05, 0) is 48.0 Å². The smallest absolute Gasteiger partial charge is 0.331 e. The second-order valence-corrected chi connectivity index (χ2v) is 7.53. The molecule has 5 amide bonds. The molecule has 1 aliphatic rings. The van der Waals surface area contributed by atoms with Gasteiger partial charge in [0.2, 0.25) is 0 Å². The number of nitrogens with one attached hydrogen (secondary N) is 2. The van der Waals surface area contributed by atoms with Crippen molar-refractivity contribution in [3.8, 4) is 17.2 Å². The number of nitrogens with zero attached hydrogens (tertiary/aromatic N) is 1. The molecule has 1 aliphatic heterocycles. The molecule has 0 unspecified atom stereocenters. The van der Waals surface area contributed by atoms with E-state index in [1.165, 1.54) is 43.5 Å². The molecule has 0 bridgehead atoms. The molecule has 0 radical (unpaired) electrons. The highest BCUT2D eigenvalue weighted by atomic mass is 19.1. The van der Waals surface area contributed by atoms with E-state index in [0.717, 1.165) is 4.90 Å². The van der Waals surface area contributed by atoms with Gasteiger partial charge in [-0.1, -0.05) is 24.3 Å². The SMILES string of the molecule is COc1ccc(CN2C(=O)NC(=O)C2=O)cc1C(=O)NCc1ccccc1Oc1ccc(F)cc1. The Labute approximate surface area is 199 Å². The Morgan fingerprint density at radius 3 is 2.43 bits per heavy atom. The van der Waals surface area contributed by atoms with Gasteiger partial charge in [0.25, 0.3) is 5.91 Å². The third-order valence-corrected chi connectivity index (χ3v) is 5.21. The van der Waals surface area contributed by atoms with Crippen LogP contribution in [0.4, 0.5) is 9.18 Å². The number of hydrogen-bond acceptors (Lipinski definition) is 6. The summed E-state index contributed by atoms with van der Waals surface area (Å²) in [6, 6.07) is 16.4. The van der Waals surface area contributed by atoms with Gasteiger partial charge in [0.05, 0.1) is 19.2 Å². The Balaban J connectivity index is 1.49. The fourth-order valence-electron chi connectivity index (χ4n) is 3.44. The zero-order valence-corrected chi connectivity index (χ0v) is 18.5. The van der Waals surface area contributed by atoms with E-state index in [4.69, 9.17) is 9.47 Å². The number of carbonyl (C=O) groups is 4. The number of rotatable bonds is 8. The number of methoxy groups -OCH3 is 1. The summed E-state index contributed by atoms with van der Waals surface area (Å²) in [7, 11) is 1.41. The molecule has 10 heteroatoms. The molecule has 1 saturated heterocycles. The average molecular weight is 477 g/mol. The molecular weight excluding hydrogens is 457 g/mol. The third kappa shape index (κ3) is 5.27. The van der Waals surface area contributed by atoms with Crippen molar-refractivity contribution in [2.24, 2.45) is 0 Å². The van der Waals surface area contributed by atoms with Gasteiger partial charge in [-0.3, -0.25) is 24.6 Å². The van der Waals surface area contributed by atoms with E-state index in [2.05, 4.69) is 5.32 Å². The highest BCUT2D eigenvalue weighted by molar-refractivity contribution is 6.44. The number of ether oxygens (including phenoxy) is 2. The Hall–Kier alpha value is -4.73. The molecule has 3 aromatic carbocycles. The van der Waals surface area contributed by atoms with Gasteiger partial charge in [0.1, 0.15) is 23.1 Å². The highest BCUT2D eigenvalue weighted by Crippen LogP contribution is 2.26. The number of halogens is 1. The van der Waals surface area contributed by atoms with Crippen LogP contribution < -0.4 is 20.1 Å². The van der Waals surface area contributed by atoms with E-state index < -0.39 is 23.8 Å². The molecule has 1 heterocycles. The predicted octanol–water partition coefficient (Wildman–Crippen LogP) is 3.14. The number of carbonyl (C=O) groups excluding carboxylic acids is 4. The molecule has 0 aromatic heterocycles. The van der Waals surface area contributed by atoms with Gasteiger partial charge in [-0.25, -0.2) is 9.18 Å². The van der Waals surface area contributed by atoms with Crippen LogP contribution >= 0.6 is 0 Å². The van der Waals surface area contributed by atoms with Crippen molar-refractivity contribution < 1.29 is 33.0 Å². The molecule has 2 N–H and O–H groups in total. The minimum atomic E-state index is -0.997. The second-order valence-electron chi connectivity index (χ2n) is 7.53. The number of benzene rings is 3. The lowest BCUT2D eigenvalue weighted by atomic mass is 10.1. The molecule has 3 aromatic rings. The fourth-order valence-corrected chi connectivity index (χ4v) is 3.44. The number of urea groups is 1. The number of para-hydroxylation sites is 1. The monoisotopic (exact) mass is 477 g/mol. The summed E-state index contributed by atoms with van der Waals surface area (Å²) in [4.78, 5) is 48.8. The summed E-state index contributed by atoms with van der Waals surface area (Å²) in [6.45, 7) is -0.0693. The summed E-state index contributed by atoms with van der Waals surface area (Å²) >= 11 is 0. The summed E-state index contributed by atoms with van der Waals surface area (Å²) in [5, 5.41) is 4.72. The lowest BCUT2D eigenvalue weighted by Crippen LogP contribution is -2.30. The van der Waals surface area contributed by atoms with Gasteiger partial charge in [-0.15, -0.1) is 0 Å². The molecule has 4 rings (SSSR count). The van der Waals surface area contributed by atoms with E-state index in [0.29, 0.717) is 22.6 Å². The van der Waals surface area contributed by atoms with Crippen LogP contribution in [0.3, 0.4) is 0 Å². The zero-order chi connectivity index (χ0) is 24.9. The maximum absolute atomic E-state index is 13.2. The zero-order valence-electron chi connectivity index (χ0n) is 18.5. The maximum Gasteiger partial charge on any atom is 0.331 e. The van der Waals surface area contributed by atoms with E-state index in [1.807, 2.05) is 5.32 Å². The molecule has 0 saturated carbocycles. The van der Waals surface area contributed by atoms with Crippen LogP contribution in [-0.2, 0) is 22.7 Å². The average Bonchev–Trinajstić information content (AvgIpc) is 3.10. The first-order valence-electron chi connectivity index (χ1n) is 10.5. The normalized spacial score (nSPS) is 13.0. The van der Waals surface area contributed by atoms with Gasteiger partial charge in [-0.2, -0.15) is 0 Å². The number of imide groups is 2. The van der Waals surface area contributed by atoms with Crippen molar-refractivity contribution in [2.75, 3.05) is 7.11 Å². The van der Waals surface area contributed by atoms with Crippen LogP contribution in [0, 0.1) is 5.82 Å². The van der Waals surface area contributed by atoms with E-state index in [1.54, 1.807) is 30.3 Å². The first-order chi connectivity index (χ1) is 16.9. The van der Waals surface area contributed by atoms with Gasteiger partial charge in [0, 0.05) is 12.1 Å². The van der Waals surface area contributed by atoms with Crippen LogP contribution in [0.1, 0.15) is 21.5 Å². The predicted molar refractivity (Wildman–Crippen MR) is 121 cm³/mol. The lowest BCUT2D eigenvalue weighted by molar-refractivity contribution is -0.140. The van der Waals surface area contributed by atoms with Crippen LogP contribution in [-0.4, -0.2) is 35.8 Å². The Morgan fingerprint density at radius 1 is 1.00 bits per heavy atom. The number of amides is 5. The molecule has 0 spiro atoms. The quantitative estimate of drug-likeness (QED) is 0.381. The molecule has 35 heavy (non-hydrogen) atoms. The standard InChI is InChI=1S/C25H20FN3O6/c1-34-21-11-6-15(14-29-24(32)23(31)28-25(29)33)12-19(21)22(30)27-13-16-4-2-3-5-20(16)35-18-9-7-17(26)8-10-18/h2-12H,13-14H2,1H3,(H,27,30)(H,28,31,33). The molecule has 0 atom stereocenters. The van der Waals surface area contributed by atoms with E-state index in [9.17, 15) is 23.6 Å². The molecule has 9 nitrogen and oxygen atoms in total. The van der Waals surface area contributed by atoms with E-state index in [-0.39, 0.29) is 30.2 Å². The molecule has 178 valence electrons. The largest absolute Gasteiger partial charge is 0.496 e. The van der Waals surface area contributed by atoms with Crippen molar-refractivity contribution in [3.05, 3.63) is 89.2 Å². The Kier molecular flexibility index (Phi) is 6.72. The summed E-state index contributed by atoms with van der Waals surface area (Å²) in [5.74, 6) is -1.58. The van der Waals surface area contributed by atoms with Gasteiger partial charge in [0.15, 0.2) is 0 Å². The maximum atomic E-state index is 13.2. The summed E-state index contributed by atoms with van der Waals surface area (Å²) in [5.41, 5.74) is 1.31. The van der Waals surface area contributed by atoms with Crippen molar-refractivity contribution >= 4 is 23.8 Å².